The van der Waals surface area contributed by atoms with Crippen LogP contribution < -0.4 is 0 Å². The van der Waals surface area contributed by atoms with Crippen molar-refractivity contribution in [3.63, 3.8) is 0 Å². The fourth-order valence-electron chi connectivity index (χ4n) is 2.04. The summed E-state index contributed by atoms with van der Waals surface area (Å²) in [6.07, 6.45) is 4.70. The van der Waals surface area contributed by atoms with Gasteiger partial charge in [-0.15, -0.1) is 0 Å². The summed E-state index contributed by atoms with van der Waals surface area (Å²) in [6, 6.07) is 4.17. The quantitative estimate of drug-likeness (QED) is 0.873. The second-order valence-corrected chi connectivity index (χ2v) is 5.22. The topological polar surface area (TPSA) is 54.5 Å². The number of rotatable bonds is 3. The number of aromatic nitrogens is 3. The van der Waals surface area contributed by atoms with Gasteiger partial charge in [0.15, 0.2) is 5.65 Å². The van der Waals surface area contributed by atoms with Gasteiger partial charge in [0.2, 0.25) is 0 Å². The van der Waals surface area contributed by atoms with Crippen LogP contribution in [-0.4, -0.2) is 14.5 Å². The van der Waals surface area contributed by atoms with E-state index in [0.29, 0.717) is 18.9 Å². The Balaban J connectivity index is 2.13. The van der Waals surface area contributed by atoms with Crippen molar-refractivity contribution in [1.82, 2.24) is 14.5 Å². The van der Waals surface area contributed by atoms with Crippen LogP contribution in [0.15, 0.2) is 16.7 Å². The maximum atomic E-state index is 8.71. The van der Waals surface area contributed by atoms with E-state index in [0.717, 1.165) is 21.5 Å². The van der Waals surface area contributed by atoms with Crippen molar-refractivity contribution in [3.05, 3.63) is 22.6 Å². The number of nitriles is 1. The van der Waals surface area contributed by atoms with Gasteiger partial charge >= 0.3 is 0 Å². The van der Waals surface area contributed by atoms with E-state index in [4.69, 9.17) is 5.26 Å². The predicted molar refractivity (Wildman–Crippen MR) is 67.4 cm³/mol. The normalized spacial score (nSPS) is 15.1. The monoisotopic (exact) mass is 290 g/mol. The van der Waals surface area contributed by atoms with Crippen LogP contribution in [0.1, 0.15) is 31.0 Å². The number of nitrogens with zero attached hydrogens (tertiary/aromatic N) is 4. The first kappa shape index (κ1) is 10.7. The third-order valence-electron chi connectivity index (χ3n) is 2.97. The average molecular weight is 291 g/mol. The van der Waals surface area contributed by atoms with Crippen LogP contribution in [0.3, 0.4) is 0 Å². The Bertz CT molecular complexity index is 607. The van der Waals surface area contributed by atoms with Gasteiger partial charge in [-0.3, -0.25) is 0 Å². The van der Waals surface area contributed by atoms with E-state index < -0.39 is 0 Å². The van der Waals surface area contributed by atoms with Crippen LogP contribution in [0.5, 0.6) is 0 Å². The molecule has 0 aromatic carbocycles. The second-order valence-electron chi connectivity index (χ2n) is 4.30. The summed E-state index contributed by atoms with van der Waals surface area (Å²) in [5.74, 6) is 1.67. The van der Waals surface area contributed by atoms with Gasteiger partial charge in [-0.05, 0) is 34.8 Å². The molecule has 2 heterocycles. The molecule has 0 saturated heterocycles. The molecule has 0 radical (unpaired) electrons. The molecule has 86 valence electrons. The van der Waals surface area contributed by atoms with Gasteiger partial charge in [0.25, 0.3) is 0 Å². The number of halogens is 1. The minimum atomic E-state index is 0.503. The molecular formula is C12H11BrN4. The first-order valence-electron chi connectivity index (χ1n) is 5.68. The Morgan fingerprint density at radius 1 is 1.53 bits per heavy atom. The molecule has 0 atom stereocenters. The van der Waals surface area contributed by atoms with Crippen LogP contribution in [0.2, 0.25) is 0 Å². The predicted octanol–water partition coefficient (Wildman–Crippen LogP) is 2.98. The van der Waals surface area contributed by atoms with Crippen molar-refractivity contribution >= 4 is 27.1 Å². The molecule has 0 unspecified atom stereocenters. The summed E-state index contributed by atoms with van der Waals surface area (Å²) in [6.45, 7) is 0.688. The molecule has 2 aromatic rings. The lowest BCUT2D eigenvalue weighted by Crippen LogP contribution is -2.03. The fourth-order valence-corrected chi connectivity index (χ4v) is 2.36. The smallest absolute Gasteiger partial charge is 0.160 e. The molecule has 2 aromatic heterocycles. The summed E-state index contributed by atoms with van der Waals surface area (Å²) in [7, 11) is 0. The van der Waals surface area contributed by atoms with Gasteiger partial charge < -0.3 is 4.57 Å². The SMILES string of the molecule is N#CCCn1c(C2CC2)nc2cc(Br)cnc21. The summed E-state index contributed by atoms with van der Waals surface area (Å²) in [5.41, 5.74) is 1.81. The number of pyridine rings is 1. The lowest BCUT2D eigenvalue weighted by Gasteiger charge is -2.04. The van der Waals surface area contributed by atoms with Gasteiger partial charge in [-0.25, -0.2) is 9.97 Å². The highest BCUT2D eigenvalue weighted by Crippen LogP contribution is 2.40. The third-order valence-corrected chi connectivity index (χ3v) is 3.40. The van der Waals surface area contributed by atoms with Crippen molar-refractivity contribution in [2.75, 3.05) is 0 Å². The first-order chi connectivity index (χ1) is 8.29. The van der Waals surface area contributed by atoms with Crippen LogP contribution in [0, 0.1) is 11.3 Å². The molecule has 3 rings (SSSR count). The number of imidazole rings is 1. The fraction of sp³-hybridized carbons (Fsp3) is 0.417. The summed E-state index contributed by atoms with van der Waals surface area (Å²) in [5, 5.41) is 8.71. The van der Waals surface area contributed by atoms with Crippen LogP contribution in [0.4, 0.5) is 0 Å². The zero-order chi connectivity index (χ0) is 11.8. The van der Waals surface area contributed by atoms with Crippen LogP contribution >= 0.6 is 15.9 Å². The van der Waals surface area contributed by atoms with E-state index in [1.54, 1.807) is 6.20 Å². The van der Waals surface area contributed by atoms with Crippen molar-refractivity contribution in [2.24, 2.45) is 0 Å². The lowest BCUT2D eigenvalue weighted by molar-refractivity contribution is 0.679. The maximum absolute atomic E-state index is 8.71. The summed E-state index contributed by atoms with van der Waals surface area (Å²) >= 11 is 3.41. The van der Waals surface area contributed by atoms with Crippen molar-refractivity contribution in [1.29, 1.82) is 5.26 Å². The van der Waals surface area contributed by atoms with Gasteiger partial charge in [-0.2, -0.15) is 5.26 Å². The number of fused-ring (bicyclic) bond motifs is 1. The lowest BCUT2D eigenvalue weighted by atomic mass is 10.3. The molecule has 1 aliphatic carbocycles. The molecule has 4 nitrogen and oxygen atoms in total. The Kier molecular flexibility index (Phi) is 2.60. The number of hydrogen-bond donors (Lipinski definition) is 0. The molecule has 17 heavy (non-hydrogen) atoms. The zero-order valence-corrected chi connectivity index (χ0v) is 10.8. The second kappa shape index (κ2) is 4.11. The highest BCUT2D eigenvalue weighted by Gasteiger charge is 2.29. The standard InChI is InChI=1S/C12H11BrN4/c13-9-6-10-12(15-7-9)17(5-1-4-14)11(16-10)8-2-3-8/h6-8H,1-3,5H2. The Labute approximate surface area is 107 Å². The van der Waals surface area contributed by atoms with Crippen molar-refractivity contribution in [3.8, 4) is 6.07 Å². The molecule has 0 aliphatic heterocycles. The molecule has 5 heteroatoms. The van der Waals surface area contributed by atoms with Crippen LogP contribution in [-0.2, 0) is 6.54 Å². The van der Waals surface area contributed by atoms with Gasteiger partial charge in [0, 0.05) is 23.1 Å². The van der Waals surface area contributed by atoms with Crippen molar-refractivity contribution < 1.29 is 0 Å². The van der Waals surface area contributed by atoms with E-state index >= 15 is 0 Å². The largest absolute Gasteiger partial charge is 0.311 e. The Morgan fingerprint density at radius 2 is 2.35 bits per heavy atom. The van der Waals surface area contributed by atoms with E-state index in [1.165, 1.54) is 12.8 Å². The third kappa shape index (κ3) is 1.93. The Morgan fingerprint density at radius 3 is 3.06 bits per heavy atom. The van der Waals surface area contributed by atoms with Gasteiger partial charge in [0.1, 0.15) is 11.3 Å². The van der Waals surface area contributed by atoms with E-state index in [9.17, 15) is 0 Å². The molecule has 0 spiro atoms. The van der Waals surface area contributed by atoms with E-state index in [1.807, 2.05) is 6.07 Å². The summed E-state index contributed by atoms with van der Waals surface area (Å²) in [4.78, 5) is 9.06. The average Bonchev–Trinajstić information content (AvgIpc) is 3.09. The summed E-state index contributed by atoms with van der Waals surface area (Å²) < 4.78 is 3.04. The molecule has 1 saturated carbocycles. The maximum Gasteiger partial charge on any atom is 0.160 e. The molecule has 0 bridgehead atoms. The van der Waals surface area contributed by atoms with E-state index in [-0.39, 0.29) is 0 Å². The number of aryl methyl sites for hydroxylation is 1. The highest BCUT2D eigenvalue weighted by atomic mass is 79.9. The molecule has 0 N–H and O–H groups in total. The molecule has 1 fully saturated rings. The van der Waals surface area contributed by atoms with Gasteiger partial charge in [-0.1, -0.05) is 0 Å². The molecule has 0 amide bonds. The van der Waals surface area contributed by atoms with Crippen molar-refractivity contribution in [2.45, 2.75) is 31.7 Å². The highest BCUT2D eigenvalue weighted by molar-refractivity contribution is 9.10. The Hall–Kier alpha value is -1.41. The molecular weight excluding hydrogens is 280 g/mol. The molecule has 1 aliphatic rings. The first-order valence-corrected chi connectivity index (χ1v) is 6.47. The van der Waals surface area contributed by atoms with E-state index in [2.05, 4.69) is 36.5 Å². The van der Waals surface area contributed by atoms with Gasteiger partial charge in [0.05, 0.1) is 12.5 Å². The minimum absolute atomic E-state index is 0.503. The zero-order valence-electron chi connectivity index (χ0n) is 9.23. The number of hydrogen-bond acceptors (Lipinski definition) is 3. The van der Waals surface area contributed by atoms with Crippen LogP contribution in [0.25, 0.3) is 11.2 Å². The minimum Gasteiger partial charge on any atom is -0.311 e.